The van der Waals surface area contributed by atoms with Crippen molar-refractivity contribution in [3.63, 3.8) is 0 Å². The highest BCUT2D eigenvalue weighted by Crippen LogP contribution is 2.22. The lowest BCUT2D eigenvalue weighted by Gasteiger charge is -2.12. The molecule has 0 aromatic heterocycles. The third-order valence-electron chi connectivity index (χ3n) is 6.75. The Morgan fingerprint density at radius 1 is 0.717 bits per heavy atom. The fourth-order valence-corrected chi connectivity index (χ4v) is 5.11. The number of aryl methyl sites for hydroxylation is 1. The SMILES string of the molecule is Cc1cccc(NC(=O)CSc2ccc(NC(=O)/C(=C/c3ccc(OCc4ccccc4)cc3)NC(=O)c3ccccc3)cc2)c1. The van der Waals surface area contributed by atoms with E-state index in [1.54, 1.807) is 42.5 Å². The maximum Gasteiger partial charge on any atom is 0.272 e. The Morgan fingerprint density at radius 3 is 2.11 bits per heavy atom. The number of anilines is 2. The number of hydrogen-bond donors (Lipinski definition) is 3. The molecule has 5 aromatic carbocycles. The van der Waals surface area contributed by atoms with Crippen molar-refractivity contribution in [3.05, 3.63) is 161 Å². The molecule has 0 saturated carbocycles. The smallest absolute Gasteiger partial charge is 0.272 e. The third kappa shape index (κ3) is 9.70. The van der Waals surface area contributed by atoms with E-state index in [9.17, 15) is 14.4 Å². The summed E-state index contributed by atoms with van der Waals surface area (Å²) in [7, 11) is 0. The second-order valence-corrected chi connectivity index (χ2v) is 11.5. The first kappa shape index (κ1) is 31.8. The molecule has 0 saturated heterocycles. The maximum atomic E-state index is 13.4. The summed E-state index contributed by atoms with van der Waals surface area (Å²) < 4.78 is 5.88. The minimum absolute atomic E-state index is 0.0816. The molecule has 0 atom stereocenters. The van der Waals surface area contributed by atoms with E-state index in [0.717, 1.165) is 21.7 Å². The Balaban J connectivity index is 1.23. The Labute approximate surface area is 272 Å². The summed E-state index contributed by atoms with van der Waals surface area (Å²) in [4.78, 5) is 39.7. The number of amides is 3. The van der Waals surface area contributed by atoms with Gasteiger partial charge in [-0.25, -0.2) is 0 Å². The van der Waals surface area contributed by atoms with Crippen molar-refractivity contribution in [2.75, 3.05) is 16.4 Å². The van der Waals surface area contributed by atoms with Crippen LogP contribution in [0.5, 0.6) is 5.75 Å². The molecule has 46 heavy (non-hydrogen) atoms. The van der Waals surface area contributed by atoms with E-state index in [1.165, 1.54) is 11.8 Å². The maximum absolute atomic E-state index is 13.4. The summed E-state index contributed by atoms with van der Waals surface area (Å²) in [6.07, 6.45) is 1.62. The van der Waals surface area contributed by atoms with Gasteiger partial charge in [-0.3, -0.25) is 14.4 Å². The fraction of sp³-hybridized carbons (Fsp3) is 0.0789. The molecule has 3 N–H and O–H groups in total. The molecule has 230 valence electrons. The Morgan fingerprint density at radius 2 is 1.41 bits per heavy atom. The van der Waals surface area contributed by atoms with Gasteiger partial charge in [0, 0.05) is 21.8 Å². The van der Waals surface area contributed by atoms with Crippen LogP contribution in [0.1, 0.15) is 27.0 Å². The van der Waals surface area contributed by atoms with Crippen LogP contribution in [0.3, 0.4) is 0 Å². The van der Waals surface area contributed by atoms with Crippen LogP contribution < -0.4 is 20.7 Å². The fourth-order valence-electron chi connectivity index (χ4n) is 4.41. The van der Waals surface area contributed by atoms with E-state index < -0.39 is 11.8 Å². The Hall–Kier alpha value is -5.60. The van der Waals surface area contributed by atoms with Crippen molar-refractivity contribution in [1.29, 1.82) is 0 Å². The van der Waals surface area contributed by atoms with Gasteiger partial charge in [0.1, 0.15) is 18.1 Å². The first-order chi connectivity index (χ1) is 22.4. The van der Waals surface area contributed by atoms with E-state index in [-0.39, 0.29) is 17.4 Å². The number of thioether (sulfide) groups is 1. The summed E-state index contributed by atoms with van der Waals surface area (Å²) in [6, 6.07) is 40.7. The molecule has 3 amide bonds. The van der Waals surface area contributed by atoms with Gasteiger partial charge in [0.05, 0.1) is 5.75 Å². The van der Waals surface area contributed by atoms with Gasteiger partial charge in [0.2, 0.25) is 5.91 Å². The molecular formula is C38H33N3O4S. The highest BCUT2D eigenvalue weighted by atomic mass is 32.2. The molecule has 0 spiro atoms. The van der Waals surface area contributed by atoms with Gasteiger partial charge in [0.15, 0.2) is 0 Å². The van der Waals surface area contributed by atoms with Crippen LogP contribution >= 0.6 is 11.8 Å². The molecule has 0 aliphatic carbocycles. The van der Waals surface area contributed by atoms with Crippen molar-refractivity contribution in [2.24, 2.45) is 0 Å². The summed E-state index contributed by atoms with van der Waals surface area (Å²) in [6.45, 7) is 2.41. The lowest BCUT2D eigenvalue weighted by molar-refractivity contribution is -0.114. The summed E-state index contributed by atoms with van der Waals surface area (Å²) in [5, 5.41) is 8.53. The minimum atomic E-state index is -0.480. The van der Waals surface area contributed by atoms with E-state index in [2.05, 4.69) is 16.0 Å². The molecule has 8 heteroatoms. The van der Waals surface area contributed by atoms with E-state index in [1.807, 2.05) is 104 Å². The zero-order valence-electron chi connectivity index (χ0n) is 25.2. The first-order valence-electron chi connectivity index (χ1n) is 14.7. The van der Waals surface area contributed by atoms with Gasteiger partial charge in [-0.15, -0.1) is 11.8 Å². The largest absolute Gasteiger partial charge is 0.489 e. The number of carbonyl (C=O) groups is 3. The molecule has 0 bridgehead atoms. The number of nitrogens with one attached hydrogen (secondary N) is 3. The third-order valence-corrected chi connectivity index (χ3v) is 7.76. The molecule has 0 heterocycles. The van der Waals surface area contributed by atoms with Crippen LogP contribution in [0, 0.1) is 6.92 Å². The predicted octanol–water partition coefficient (Wildman–Crippen LogP) is 7.71. The minimum Gasteiger partial charge on any atom is -0.489 e. The van der Waals surface area contributed by atoms with Crippen molar-refractivity contribution in [1.82, 2.24) is 5.32 Å². The van der Waals surface area contributed by atoms with Gasteiger partial charge in [0.25, 0.3) is 11.8 Å². The van der Waals surface area contributed by atoms with Crippen LogP contribution in [0.4, 0.5) is 11.4 Å². The second kappa shape index (κ2) is 15.9. The molecule has 0 unspecified atom stereocenters. The van der Waals surface area contributed by atoms with Crippen LogP contribution in [-0.4, -0.2) is 23.5 Å². The molecule has 5 aromatic rings. The van der Waals surface area contributed by atoms with E-state index >= 15 is 0 Å². The number of benzene rings is 5. The van der Waals surface area contributed by atoms with Crippen LogP contribution in [0.2, 0.25) is 0 Å². The monoisotopic (exact) mass is 627 g/mol. The van der Waals surface area contributed by atoms with Crippen LogP contribution in [0.25, 0.3) is 6.08 Å². The molecule has 0 fully saturated rings. The number of rotatable bonds is 12. The average Bonchev–Trinajstić information content (AvgIpc) is 3.08. The van der Waals surface area contributed by atoms with Gasteiger partial charge < -0.3 is 20.7 Å². The summed E-state index contributed by atoms with van der Waals surface area (Å²) in [5.41, 5.74) is 4.66. The first-order valence-corrected chi connectivity index (χ1v) is 15.7. The zero-order valence-corrected chi connectivity index (χ0v) is 26.1. The van der Waals surface area contributed by atoms with Crippen molar-refractivity contribution >= 4 is 46.9 Å². The lowest BCUT2D eigenvalue weighted by Crippen LogP contribution is -2.30. The van der Waals surface area contributed by atoms with Gasteiger partial charge >= 0.3 is 0 Å². The molecule has 0 aliphatic heterocycles. The summed E-state index contributed by atoms with van der Waals surface area (Å²) in [5.74, 6) is -0.0560. The Kier molecular flexibility index (Phi) is 11.0. The molecule has 5 rings (SSSR count). The highest BCUT2D eigenvalue weighted by Gasteiger charge is 2.15. The molecule has 0 aliphatic rings. The predicted molar refractivity (Wildman–Crippen MR) is 185 cm³/mol. The quantitative estimate of drug-likeness (QED) is 0.0973. The average molecular weight is 628 g/mol. The van der Waals surface area contributed by atoms with Crippen molar-refractivity contribution < 1.29 is 19.1 Å². The molecular weight excluding hydrogens is 595 g/mol. The molecule has 0 radical (unpaired) electrons. The van der Waals surface area contributed by atoms with Crippen LogP contribution in [0.15, 0.2) is 144 Å². The summed E-state index contributed by atoms with van der Waals surface area (Å²) >= 11 is 1.39. The number of hydrogen-bond acceptors (Lipinski definition) is 5. The number of ether oxygens (including phenoxy) is 1. The van der Waals surface area contributed by atoms with Gasteiger partial charge in [-0.1, -0.05) is 72.8 Å². The number of carbonyl (C=O) groups excluding carboxylic acids is 3. The topological polar surface area (TPSA) is 96.5 Å². The van der Waals surface area contributed by atoms with Crippen molar-refractivity contribution in [3.8, 4) is 5.75 Å². The lowest BCUT2D eigenvalue weighted by atomic mass is 10.1. The molecule has 7 nitrogen and oxygen atoms in total. The zero-order chi connectivity index (χ0) is 32.1. The normalized spacial score (nSPS) is 10.9. The highest BCUT2D eigenvalue weighted by molar-refractivity contribution is 8.00. The van der Waals surface area contributed by atoms with Gasteiger partial charge in [-0.05, 0) is 90.4 Å². The van der Waals surface area contributed by atoms with Crippen molar-refractivity contribution in [2.45, 2.75) is 18.4 Å². The second-order valence-electron chi connectivity index (χ2n) is 10.4. The van der Waals surface area contributed by atoms with Crippen LogP contribution in [-0.2, 0) is 16.2 Å². The Bertz CT molecular complexity index is 1810. The standard InChI is InChI=1S/C38H33N3O4S/c1-27-9-8-14-32(23-27)39-36(42)26-46-34-21-17-31(18-22-34)40-38(44)35(41-37(43)30-12-6-3-7-13-30)24-28-15-19-33(20-16-28)45-25-29-10-4-2-5-11-29/h2-24H,25-26H2,1H3,(H,39,42)(H,40,44)(H,41,43)/b35-24-. The van der Waals surface area contributed by atoms with E-state index in [4.69, 9.17) is 4.74 Å². The van der Waals surface area contributed by atoms with E-state index in [0.29, 0.717) is 29.2 Å². The van der Waals surface area contributed by atoms with Gasteiger partial charge in [-0.2, -0.15) is 0 Å².